The number of para-hydroxylation sites is 1. The molecule has 6 nitrogen and oxygen atoms in total. The number of pyridine rings is 1. The Morgan fingerprint density at radius 3 is 2.15 bits per heavy atom. The molecule has 1 aliphatic heterocycles. The van der Waals surface area contributed by atoms with Gasteiger partial charge < -0.3 is 5.11 Å². The molecule has 0 spiro atoms. The van der Waals surface area contributed by atoms with E-state index in [0.29, 0.717) is 27.8 Å². The number of allylic oxidation sites excluding steroid dienone is 1. The van der Waals surface area contributed by atoms with Crippen LogP contribution in [0.3, 0.4) is 0 Å². The Bertz CT molecular complexity index is 1840. The van der Waals surface area contributed by atoms with Gasteiger partial charge in [-0.2, -0.15) is 0 Å². The van der Waals surface area contributed by atoms with Crippen molar-refractivity contribution >= 4 is 40.3 Å². The number of ketones is 1. The number of hydrogen-bond acceptors (Lipinski definition) is 4. The number of aromatic carboxylic acids is 1. The average Bonchev–Trinajstić information content (AvgIpc) is 3.24. The molecule has 4 aromatic carbocycles. The van der Waals surface area contributed by atoms with Crippen LogP contribution >= 0.6 is 0 Å². The fourth-order valence-corrected chi connectivity index (χ4v) is 5.10. The number of carbonyl (C=O) groups is 3. The highest BCUT2D eigenvalue weighted by atomic mass is 16.4. The molecule has 6 rings (SSSR count). The van der Waals surface area contributed by atoms with Crippen LogP contribution in [-0.2, 0) is 4.79 Å². The Labute approximate surface area is 224 Å². The van der Waals surface area contributed by atoms with Crippen molar-refractivity contribution in [2.24, 2.45) is 0 Å². The van der Waals surface area contributed by atoms with Crippen molar-refractivity contribution in [1.82, 2.24) is 4.98 Å². The molecule has 1 aliphatic rings. The molecule has 0 fully saturated rings. The van der Waals surface area contributed by atoms with Crippen LogP contribution in [0, 0.1) is 0 Å². The predicted molar refractivity (Wildman–Crippen MR) is 151 cm³/mol. The smallest absolute Gasteiger partial charge is 0.335 e. The molecule has 6 heteroatoms. The van der Waals surface area contributed by atoms with Gasteiger partial charge in [-0.25, -0.2) is 9.78 Å². The zero-order valence-corrected chi connectivity index (χ0v) is 21.0. The quantitative estimate of drug-likeness (QED) is 0.267. The Morgan fingerprint density at radius 2 is 1.44 bits per heavy atom. The highest BCUT2D eigenvalue weighted by molar-refractivity contribution is 6.26. The Morgan fingerprint density at radius 1 is 0.769 bits per heavy atom. The van der Waals surface area contributed by atoms with E-state index in [1.54, 1.807) is 42.5 Å². The van der Waals surface area contributed by atoms with Crippen molar-refractivity contribution in [3.8, 4) is 22.3 Å². The van der Waals surface area contributed by atoms with Gasteiger partial charge in [-0.1, -0.05) is 66.7 Å². The van der Waals surface area contributed by atoms with Gasteiger partial charge in [-0.3, -0.25) is 14.5 Å². The van der Waals surface area contributed by atoms with Gasteiger partial charge >= 0.3 is 5.97 Å². The SMILES string of the molecule is CC(=O)N1/C(=C/c2cc(-c3ccccc3-c3ccccc3)c3cc(C(=O)O)ccc3n2)C(=O)c2ccccc21. The molecular weight excluding hydrogens is 488 g/mol. The van der Waals surface area contributed by atoms with Gasteiger partial charge in [0, 0.05) is 17.9 Å². The van der Waals surface area contributed by atoms with E-state index in [9.17, 15) is 19.5 Å². The van der Waals surface area contributed by atoms with E-state index in [4.69, 9.17) is 4.98 Å². The van der Waals surface area contributed by atoms with Crippen molar-refractivity contribution in [3.05, 3.63) is 126 Å². The van der Waals surface area contributed by atoms with Gasteiger partial charge in [0.05, 0.1) is 28.2 Å². The molecule has 0 saturated heterocycles. The van der Waals surface area contributed by atoms with E-state index in [1.807, 2.05) is 60.7 Å². The first-order chi connectivity index (χ1) is 18.9. The maximum Gasteiger partial charge on any atom is 0.335 e. The first kappa shape index (κ1) is 24.0. The maximum absolute atomic E-state index is 13.3. The van der Waals surface area contributed by atoms with Crippen molar-refractivity contribution in [1.29, 1.82) is 0 Å². The number of rotatable bonds is 4. The van der Waals surface area contributed by atoms with Crippen LogP contribution in [0.1, 0.15) is 33.3 Å². The zero-order valence-electron chi connectivity index (χ0n) is 21.0. The van der Waals surface area contributed by atoms with Crippen molar-refractivity contribution in [3.63, 3.8) is 0 Å². The van der Waals surface area contributed by atoms with Crippen LogP contribution in [0.4, 0.5) is 5.69 Å². The molecule has 0 bridgehead atoms. The number of amides is 1. The molecule has 0 unspecified atom stereocenters. The lowest BCUT2D eigenvalue weighted by Gasteiger charge is -2.17. The summed E-state index contributed by atoms with van der Waals surface area (Å²) in [6, 6.07) is 31.5. The number of benzene rings is 4. The van der Waals surface area contributed by atoms with Gasteiger partial charge in [0.1, 0.15) is 0 Å². The van der Waals surface area contributed by atoms with E-state index in [1.165, 1.54) is 17.9 Å². The van der Waals surface area contributed by atoms with Crippen molar-refractivity contribution < 1.29 is 19.5 Å². The Kier molecular flexibility index (Phi) is 5.85. The Hall–Kier alpha value is -5.36. The fourth-order valence-electron chi connectivity index (χ4n) is 5.10. The largest absolute Gasteiger partial charge is 0.478 e. The van der Waals surface area contributed by atoms with Gasteiger partial charge in [-0.05, 0) is 64.7 Å². The number of aromatic nitrogens is 1. The van der Waals surface area contributed by atoms with Crippen LogP contribution in [0.15, 0.2) is 109 Å². The standard InChI is InChI=1S/C33H22N2O4/c1-20(36)35-30-14-8-7-13-26(30)32(37)31(35)19-23-18-27(28-17-22(33(38)39)15-16-29(28)34-23)25-12-6-5-11-24(25)21-9-3-2-4-10-21/h2-19H,1H3,(H,38,39)/b31-19+. The minimum Gasteiger partial charge on any atom is -0.478 e. The molecule has 1 N–H and O–H groups in total. The number of carboxylic acid groups (broad SMARTS) is 1. The molecule has 39 heavy (non-hydrogen) atoms. The van der Waals surface area contributed by atoms with E-state index in [0.717, 1.165) is 22.3 Å². The molecule has 0 radical (unpaired) electrons. The van der Waals surface area contributed by atoms with Gasteiger partial charge in [0.15, 0.2) is 0 Å². The highest BCUT2D eigenvalue weighted by Gasteiger charge is 2.34. The molecule has 0 aliphatic carbocycles. The molecule has 1 amide bonds. The lowest BCUT2D eigenvalue weighted by molar-refractivity contribution is -0.116. The summed E-state index contributed by atoms with van der Waals surface area (Å²) in [5, 5.41) is 10.3. The average molecular weight is 511 g/mol. The summed E-state index contributed by atoms with van der Waals surface area (Å²) in [6.45, 7) is 1.42. The second-order valence-corrected chi connectivity index (χ2v) is 9.27. The zero-order chi connectivity index (χ0) is 27.1. The second kappa shape index (κ2) is 9.50. The maximum atomic E-state index is 13.3. The van der Waals surface area contributed by atoms with Crippen LogP contribution in [-0.4, -0.2) is 27.8 Å². The predicted octanol–water partition coefficient (Wildman–Crippen LogP) is 6.86. The third kappa shape index (κ3) is 4.18. The summed E-state index contributed by atoms with van der Waals surface area (Å²) in [4.78, 5) is 43.9. The van der Waals surface area contributed by atoms with E-state index in [2.05, 4.69) is 0 Å². The highest BCUT2D eigenvalue weighted by Crippen LogP contribution is 2.39. The number of Topliss-reactive ketones (excluding diaryl/α,β-unsaturated/α-hetero) is 1. The summed E-state index contributed by atoms with van der Waals surface area (Å²) in [5.74, 6) is -1.56. The molecule has 5 aromatic rings. The summed E-state index contributed by atoms with van der Waals surface area (Å²) in [5.41, 5.74) is 6.07. The molecule has 0 saturated carbocycles. The first-order valence-electron chi connectivity index (χ1n) is 12.4. The van der Waals surface area contributed by atoms with Crippen LogP contribution in [0.5, 0.6) is 0 Å². The van der Waals surface area contributed by atoms with Gasteiger partial charge in [0.25, 0.3) is 0 Å². The topological polar surface area (TPSA) is 87.6 Å². The van der Waals surface area contributed by atoms with Crippen LogP contribution < -0.4 is 4.90 Å². The van der Waals surface area contributed by atoms with E-state index < -0.39 is 5.97 Å². The van der Waals surface area contributed by atoms with Crippen molar-refractivity contribution in [2.75, 3.05) is 4.90 Å². The number of carboxylic acids is 1. The Balaban J connectivity index is 1.61. The van der Waals surface area contributed by atoms with E-state index >= 15 is 0 Å². The summed E-state index contributed by atoms with van der Waals surface area (Å²) in [7, 11) is 0. The number of fused-ring (bicyclic) bond motifs is 2. The summed E-state index contributed by atoms with van der Waals surface area (Å²) >= 11 is 0. The molecular formula is C33H22N2O4. The lowest BCUT2D eigenvalue weighted by atomic mass is 9.91. The summed E-state index contributed by atoms with van der Waals surface area (Å²) < 4.78 is 0. The summed E-state index contributed by atoms with van der Waals surface area (Å²) in [6.07, 6.45) is 1.63. The minimum absolute atomic E-state index is 0.151. The number of carbonyl (C=O) groups excluding carboxylic acids is 2. The number of hydrogen-bond donors (Lipinski definition) is 1. The molecule has 188 valence electrons. The van der Waals surface area contributed by atoms with Gasteiger partial charge in [-0.15, -0.1) is 0 Å². The lowest BCUT2D eigenvalue weighted by Crippen LogP contribution is -2.25. The van der Waals surface area contributed by atoms with Crippen LogP contribution in [0.25, 0.3) is 39.2 Å². The number of nitrogens with zero attached hydrogens (tertiary/aromatic N) is 2. The monoisotopic (exact) mass is 510 g/mol. The van der Waals surface area contributed by atoms with Gasteiger partial charge in [0.2, 0.25) is 11.7 Å². The normalized spacial score (nSPS) is 13.6. The second-order valence-electron chi connectivity index (χ2n) is 9.27. The van der Waals surface area contributed by atoms with E-state index in [-0.39, 0.29) is 23.0 Å². The fraction of sp³-hybridized carbons (Fsp3) is 0.0303. The molecule has 0 atom stereocenters. The van der Waals surface area contributed by atoms with Crippen molar-refractivity contribution in [2.45, 2.75) is 6.92 Å². The molecule has 1 aromatic heterocycles. The third-order valence-electron chi connectivity index (χ3n) is 6.84. The molecule has 2 heterocycles. The first-order valence-corrected chi connectivity index (χ1v) is 12.4. The third-order valence-corrected chi connectivity index (χ3v) is 6.84. The number of anilines is 1. The minimum atomic E-state index is -1.03. The van der Waals surface area contributed by atoms with Crippen LogP contribution in [0.2, 0.25) is 0 Å².